The van der Waals surface area contributed by atoms with Crippen molar-refractivity contribution in [1.82, 2.24) is 5.32 Å². The van der Waals surface area contributed by atoms with Gasteiger partial charge >= 0.3 is 0 Å². The quantitative estimate of drug-likeness (QED) is 0.472. The van der Waals surface area contributed by atoms with Crippen LogP contribution in [-0.4, -0.2) is 42.2 Å². The normalized spacial score (nSPS) is 21.7. The summed E-state index contributed by atoms with van der Waals surface area (Å²) in [5.41, 5.74) is 9.10. The first-order valence-corrected chi connectivity index (χ1v) is 11.0. The third kappa shape index (κ3) is 6.87. The molecule has 5 N–H and O–H groups in total. The first-order chi connectivity index (χ1) is 15.0. The van der Waals surface area contributed by atoms with Crippen molar-refractivity contribution in [3.63, 3.8) is 0 Å². The van der Waals surface area contributed by atoms with Crippen LogP contribution >= 0.6 is 11.6 Å². The molecule has 1 aliphatic rings. The molecule has 3 unspecified atom stereocenters. The molecule has 1 fully saturated rings. The van der Waals surface area contributed by atoms with Crippen LogP contribution in [0.15, 0.2) is 54.4 Å². The first kappa shape index (κ1) is 23.4. The minimum atomic E-state index is -0.449. The van der Waals surface area contributed by atoms with E-state index >= 15 is 0 Å². The van der Waals surface area contributed by atoms with E-state index in [1.807, 2.05) is 43.3 Å². The van der Waals surface area contributed by atoms with E-state index in [1.54, 1.807) is 6.20 Å². The second-order valence-electron chi connectivity index (χ2n) is 7.76. The van der Waals surface area contributed by atoms with Crippen molar-refractivity contribution in [3.8, 4) is 5.75 Å². The van der Waals surface area contributed by atoms with Crippen molar-refractivity contribution in [3.05, 3.63) is 76.1 Å². The second kappa shape index (κ2) is 11.4. The van der Waals surface area contributed by atoms with Crippen LogP contribution in [0, 0.1) is 0 Å². The maximum absolute atomic E-state index is 10.4. The Morgan fingerprint density at radius 1 is 1.26 bits per heavy atom. The molecule has 6 nitrogen and oxygen atoms in total. The van der Waals surface area contributed by atoms with E-state index in [1.165, 1.54) is 0 Å². The summed E-state index contributed by atoms with van der Waals surface area (Å²) in [5.74, 6) is 0.853. The molecule has 0 aromatic heterocycles. The van der Waals surface area contributed by atoms with E-state index in [4.69, 9.17) is 31.9 Å². The molecule has 31 heavy (non-hydrogen) atoms. The lowest BCUT2D eigenvalue weighted by Gasteiger charge is -2.33. The van der Waals surface area contributed by atoms with Gasteiger partial charge in [0, 0.05) is 36.3 Å². The van der Waals surface area contributed by atoms with Gasteiger partial charge in [-0.15, -0.1) is 0 Å². The Labute approximate surface area is 188 Å². The molecule has 0 saturated carbocycles. The number of nitrogens with two attached hydrogens (primary N) is 1. The molecule has 0 bridgehead atoms. The van der Waals surface area contributed by atoms with E-state index in [-0.39, 0.29) is 18.8 Å². The van der Waals surface area contributed by atoms with Crippen molar-refractivity contribution >= 4 is 11.6 Å². The number of hydrogen-bond donors (Lipinski definition) is 4. The van der Waals surface area contributed by atoms with E-state index in [0.29, 0.717) is 43.1 Å². The summed E-state index contributed by atoms with van der Waals surface area (Å²) in [6, 6.07) is 13.9. The average Bonchev–Trinajstić information content (AvgIpc) is 2.76. The Hall–Kier alpha value is -2.25. The number of halogens is 1. The number of benzene rings is 2. The fourth-order valence-electron chi connectivity index (χ4n) is 3.72. The number of rotatable bonds is 9. The van der Waals surface area contributed by atoms with Crippen LogP contribution in [-0.2, 0) is 11.2 Å². The zero-order valence-corrected chi connectivity index (χ0v) is 18.5. The predicted octanol–water partition coefficient (Wildman–Crippen LogP) is 3.29. The summed E-state index contributed by atoms with van der Waals surface area (Å²) in [5, 5.41) is 23.1. The Balaban J connectivity index is 1.69. The fraction of sp³-hybridized carbons (Fsp3) is 0.417. The molecular weight excluding hydrogens is 416 g/mol. The van der Waals surface area contributed by atoms with E-state index < -0.39 is 6.10 Å². The van der Waals surface area contributed by atoms with Crippen molar-refractivity contribution in [1.29, 1.82) is 0 Å². The molecular formula is C24H31ClN2O4. The third-order valence-corrected chi connectivity index (χ3v) is 5.63. The standard InChI is InChI=1S/C24H31ClN2O4/c1-2-30-21-6-3-16(4-7-21)9-18-10-17(5-8-23(18)25)24-12-20(29)11-22(31-24)14-27-13-19(26)15-28/h3-8,10,13,20,22,24,27-29H,2,9,11-12,14-15,26H2,1H3/b19-13-. The Morgan fingerprint density at radius 2 is 2.03 bits per heavy atom. The van der Waals surface area contributed by atoms with Crippen LogP contribution in [0.1, 0.15) is 42.6 Å². The molecule has 0 amide bonds. The maximum Gasteiger partial charge on any atom is 0.119 e. The van der Waals surface area contributed by atoms with Gasteiger partial charge in [-0.3, -0.25) is 0 Å². The number of aliphatic hydroxyl groups excluding tert-OH is 2. The molecule has 1 heterocycles. The molecule has 2 aromatic rings. The highest BCUT2D eigenvalue weighted by Gasteiger charge is 2.29. The van der Waals surface area contributed by atoms with Crippen LogP contribution in [0.4, 0.5) is 0 Å². The molecule has 168 valence electrons. The van der Waals surface area contributed by atoms with Crippen molar-refractivity contribution in [2.75, 3.05) is 19.8 Å². The Kier molecular flexibility index (Phi) is 8.60. The topological polar surface area (TPSA) is 97.0 Å². The smallest absolute Gasteiger partial charge is 0.119 e. The predicted molar refractivity (Wildman–Crippen MR) is 122 cm³/mol. The Morgan fingerprint density at radius 3 is 2.74 bits per heavy atom. The second-order valence-corrected chi connectivity index (χ2v) is 8.17. The highest BCUT2D eigenvalue weighted by molar-refractivity contribution is 6.31. The van der Waals surface area contributed by atoms with Gasteiger partial charge < -0.3 is 30.7 Å². The zero-order chi connectivity index (χ0) is 22.2. The fourth-order valence-corrected chi connectivity index (χ4v) is 3.91. The van der Waals surface area contributed by atoms with Crippen LogP contribution in [0.3, 0.4) is 0 Å². The van der Waals surface area contributed by atoms with E-state index in [0.717, 1.165) is 22.4 Å². The van der Waals surface area contributed by atoms with E-state index in [2.05, 4.69) is 11.4 Å². The summed E-state index contributed by atoms with van der Waals surface area (Å²) in [6.45, 7) is 2.90. The molecule has 0 spiro atoms. The molecule has 7 heteroatoms. The minimum absolute atomic E-state index is 0.165. The highest BCUT2D eigenvalue weighted by Crippen LogP contribution is 2.33. The minimum Gasteiger partial charge on any atom is -0.494 e. The van der Waals surface area contributed by atoms with Crippen molar-refractivity contribution in [2.45, 2.75) is 44.5 Å². The van der Waals surface area contributed by atoms with Gasteiger partial charge in [-0.1, -0.05) is 35.9 Å². The number of nitrogens with one attached hydrogen (secondary N) is 1. The van der Waals surface area contributed by atoms with Crippen LogP contribution in [0.2, 0.25) is 5.02 Å². The number of hydrogen-bond acceptors (Lipinski definition) is 6. The van der Waals surface area contributed by atoms with Gasteiger partial charge in [0.05, 0.1) is 31.5 Å². The van der Waals surface area contributed by atoms with Gasteiger partial charge in [0.15, 0.2) is 0 Å². The van der Waals surface area contributed by atoms with Crippen molar-refractivity contribution in [2.24, 2.45) is 5.73 Å². The molecule has 3 rings (SSSR count). The molecule has 1 aliphatic heterocycles. The summed E-state index contributed by atoms with van der Waals surface area (Å²) in [6.07, 6.45) is 2.52. The van der Waals surface area contributed by atoms with Gasteiger partial charge in [-0.2, -0.15) is 0 Å². The summed E-state index contributed by atoms with van der Waals surface area (Å²) < 4.78 is 11.7. The van der Waals surface area contributed by atoms with Crippen LogP contribution in [0.5, 0.6) is 5.75 Å². The molecule has 3 atom stereocenters. The summed E-state index contributed by atoms with van der Waals surface area (Å²) in [4.78, 5) is 0. The van der Waals surface area contributed by atoms with Gasteiger partial charge in [-0.25, -0.2) is 0 Å². The molecule has 1 saturated heterocycles. The number of ether oxygens (including phenoxy) is 2. The SMILES string of the molecule is CCOc1ccc(Cc2cc(C3CC(O)CC(CN/C=C(\N)CO)O3)ccc2Cl)cc1. The zero-order valence-electron chi connectivity index (χ0n) is 17.8. The van der Waals surface area contributed by atoms with Crippen LogP contribution < -0.4 is 15.8 Å². The molecule has 0 radical (unpaired) electrons. The average molecular weight is 447 g/mol. The lowest BCUT2D eigenvalue weighted by atomic mass is 9.94. The summed E-state index contributed by atoms with van der Waals surface area (Å²) >= 11 is 6.47. The number of aliphatic hydroxyl groups is 2. The van der Waals surface area contributed by atoms with E-state index in [9.17, 15) is 5.11 Å². The van der Waals surface area contributed by atoms with Gasteiger partial charge in [-0.05, 0) is 48.2 Å². The van der Waals surface area contributed by atoms with Gasteiger partial charge in [0.25, 0.3) is 0 Å². The molecule has 2 aromatic carbocycles. The lowest BCUT2D eigenvalue weighted by Crippen LogP contribution is -2.37. The molecule has 0 aliphatic carbocycles. The highest BCUT2D eigenvalue weighted by atomic mass is 35.5. The monoisotopic (exact) mass is 446 g/mol. The lowest BCUT2D eigenvalue weighted by molar-refractivity contribution is -0.0950. The van der Waals surface area contributed by atoms with Crippen molar-refractivity contribution < 1.29 is 19.7 Å². The van der Waals surface area contributed by atoms with Crippen LogP contribution in [0.25, 0.3) is 0 Å². The third-order valence-electron chi connectivity index (χ3n) is 5.26. The summed E-state index contributed by atoms with van der Waals surface area (Å²) in [7, 11) is 0. The largest absolute Gasteiger partial charge is 0.494 e. The van der Waals surface area contributed by atoms with Gasteiger partial charge in [0.1, 0.15) is 5.75 Å². The van der Waals surface area contributed by atoms with Gasteiger partial charge in [0.2, 0.25) is 0 Å². The Bertz CT molecular complexity index is 872. The maximum atomic E-state index is 10.4. The first-order valence-electron chi connectivity index (χ1n) is 10.6.